The van der Waals surface area contributed by atoms with Crippen LogP contribution in [-0.4, -0.2) is 37.2 Å². The summed E-state index contributed by atoms with van der Waals surface area (Å²) in [7, 11) is 0. The van der Waals surface area contributed by atoms with Crippen LogP contribution in [0.15, 0.2) is 0 Å². The first kappa shape index (κ1) is 58.4. The summed E-state index contributed by atoms with van der Waals surface area (Å²) in [6, 6.07) is 0. The van der Waals surface area contributed by atoms with Gasteiger partial charge in [-0.3, -0.25) is 14.4 Å². The third kappa shape index (κ3) is 47.5. The second-order valence-electron chi connectivity index (χ2n) is 19.9. The predicted molar refractivity (Wildman–Crippen MR) is 256 cm³/mol. The van der Waals surface area contributed by atoms with E-state index in [0.29, 0.717) is 19.3 Å². The average Bonchev–Trinajstić information content (AvgIpc) is 3.20. The second kappa shape index (κ2) is 45.4. The quantitative estimate of drug-likeness (QED) is 0.0345. The van der Waals surface area contributed by atoms with Gasteiger partial charge < -0.3 is 14.2 Å². The van der Waals surface area contributed by atoms with E-state index >= 15 is 0 Å². The van der Waals surface area contributed by atoms with E-state index in [9.17, 15) is 14.4 Å². The molecule has 0 aromatic rings. The molecule has 6 heteroatoms. The molecule has 0 aliphatic heterocycles. The topological polar surface area (TPSA) is 78.9 Å². The van der Waals surface area contributed by atoms with Gasteiger partial charge in [-0.05, 0) is 37.0 Å². The minimum atomic E-state index is -0.763. The Morgan fingerprint density at radius 1 is 0.283 bits per heavy atom. The van der Waals surface area contributed by atoms with Crippen molar-refractivity contribution in [2.45, 2.75) is 298 Å². The first-order valence-corrected chi connectivity index (χ1v) is 26.6. The molecule has 6 nitrogen and oxygen atoms in total. The summed E-state index contributed by atoms with van der Waals surface area (Å²) in [6.45, 7) is 13.7. The molecular weight excluding hydrogens is 745 g/mol. The molecule has 0 spiro atoms. The van der Waals surface area contributed by atoms with Crippen LogP contribution in [0, 0.1) is 17.8 Å². The molecule has 0 N–H and O–H groups in total. The molecule has 1 atom stereocenters. The molecule has 0 saturated heterocycles. The van der Waals surface area contributed by atoms with Crippen molar-refractivity contribution in [3.05, 3.63) is 0 Å². The van der Waals surface area contributed by atoms with Gasteiger partial charge in [-0.2, -0.15) is 0 Å². The maximum Gasteiger partial charge on any atom is 0.306 e. The van der Waals surface area contributed by atoms with E-state index in [1.54, 1.807) is 0 Å². The van der Waals surface area contributed by atoms with E-state index in [-0.39, 0.29) is 31.1 Å². The Kier molecular flexibility index (Phi) is 44.2. The maximum atomic E-state index is 12.7. The van der Waals surface area contributed by atoms with Gasteiger partial charge in [0.25, 0.3) is 0 Å². The van der Waals surface area contributed by atoms with Crippen LogP contribution in [0.3, 0.4) is 0 Å². The third-order valence-corrected chi connectivity index (χ3v) is 12.1. The highest BCUT2D eigenvalue weighted by atomic mass is 16.6. The molecule has 0 aromatic carbocycles. The van der Waals surface area contributed by atoms with Gasteiger partial charge in [0.15, 0.2) is 6.10 Å². The summed E-state index contributed by atoms with van der Waals surface area (Å²) in [4.78, 5) is 37.9. The van der Waals surface area contributed by atoms with Gasteiger partial charge in [0.1, 0.15) is 13.2 Å². The number of carbonyl (C=O) groups excluding carboxylic acids is 3. The van der Waals surface area contributed by atoms with Crippen LogP contribution in [-0.2, 0) is 28.6 Å². The van der Waals surface area contributed by atoms with Gasteiger partial charge in [0, 0.05) is 19.3 Å². The van der Waals surface area contributed by atoms with Gasteiger partial charge in [0.05, 0.1) is 0 Å². The number of rotatable bonds is 47. The van der Waals surface area contributed by atoms with Gasteiger partial charge in [-0.1, -0.05) is 253 Å². The zero-order valence-corrected chi connectivity index (χ0v) is 41.3. The van der Waals surface area contributed by atoms with E-state index in [1.807, 2.05) is 0 Å². The van der Waals surface area contributed by atoms with Gasteiger partial charge in [0.2, 0.25) is 0 Å². The lowest BCUT2D eigenvalue weighted by Gasteiger charge is -2.18. The molecule has 0 rings (SSSR count). The largest absolute Gasteiger partial charge is 0.462 e. The highest BCUT2D eigenvalue weighted by molar-refractivity contribution is 5.71. The molecule has 0 saturated carbocycles. The molecule has 0 radical (unpaired) electrons. The van der Waals surface area contributed by atoms with Crippen LogP contribution in [0.4, 0.5) is 0 Å². The van der Waals surface area contributed by atoms with Crippen molar-refractivity contribution in [1.82, 2.24) is 0 Å². The standard InChI is InChI=1S/C54H104O6/c1-48(2)40-34-28-22-17-13-11-9-7-8-10-12-14-19-25-31-37-43-52(55)58-46-51(60-54(57)45-39-33-27-21-24-30-36-42-50(5)6)47-59-53(56)44-38-32-26-20-16-15-18-23-29-35-41-49(3)4/h48-51H,7-47H2,1-6H3/t51-/m0/s1. The average molecular weight is 849 g/mol. The van der Waals surface area contributed by atoms with Gasteiger partial charge in [-0.25, -0.2) is 0 Å². The van der Waals surface area contributed by atoms with Crippen molar-refractivity contribution in [3.8, 4) is 0 Å². The third-order valence-electron chi connectivity index (χ3n) is 12.1. The normalized spacial score (nSPS) is 12.2. The van der Waals surface area contributed by atoms with Crippen molar-refractivity contribution in [1.29, 1.82) is 0 Å². The summed E-state index contributed by atoms with van der Waals surface area (Å²) < 4.78 is 16.8. The Hall–Kier alpha value is -1.59. The molecule has 0 aliphatic carbocycles. The number of hydrogen-bond acceptors (Lipinski definition) is 6. The Balaban J connectivity index is 4.23. The molecule has 0 unspecified atom stereocenters. The lowest BCUT2D eigenvalue weighted by molar-refractivity contribution is -0.167. The molecule has 0 amide bonds. The SMILES string of the molecule is CC(C)CCCCCCCCCCCCCCCCCCC(=O)OC[C@@H](COC(=O)CCCCCCCCCCCCC(C)C)OC(=O)CCCCCCCCCC(C)C. The minimum Gasteiger partial charge on any atom is -0.462 e. The number of unbranched alkanes of at least 4 members (excludes halogenated alkanes) is 30. The summed E-state index contributed by atoms with van der Waals surface area (Å²) in [5.41, 5.74) is 0. The molecule has 0 aliphatic rings. The van der Waals surface area contributed by atoms with E-state index in [1.165, 1.54) is 173 Å². The van der Waals surface area contributed by atoms with Crippen LogP contribution in [0.25, 0.3) is 0 Å². The predicted octanol–water partition coefficient (Wildman–Crippen LogP) is 17.2. The number of ether oxygens (including phenoxy) is 3. The Labute approximate surface area is 374 Å². The van der Waals surface area contributed by atoms with E-state index in [2.05, 4.69) is 41.5 Å². The molecule has 356 valence electrons. The van der Waals surface area contributed by atoms with Crippen LogP contribution < -0.4 is 0 Å². The minimum absolute atomic E-state index is 0.0651. The van der Waals surface area contributed by atoms with Crippen molar-refractivity contribution < 1.29 is 28.6 Å². The molecule has 0 heterocycles. The molecule has 60 heavy (non-hydrogen) atoms. The van der Waals surface area contributed by atoms with Crippen molar-refractivity contribution in [3.63, 3.8) is 0 Å². The second-order valence-corrected chi connectivity index (χ2v) is 19.9. The Morgan fingerprint density at radius 2 is 0.483 bits per heavy atom. The van der Waals surface area contributed by atoms with Crippen LogP contribution in [0.2, 0.25) is 0 Å². The molecule has 0 bridgehead atoms. The van der Waals surface area contributed by atoms with Crippen LogP contribution in [0.5, 0.6) is 0 Å². The highest BCUT2D eigenvalue weighted by Crippen LogP contribution is 2.18. The first-order chi connectivity index (χ1) is 29.1. The molecule has 0 fully saturated rings. The van der Waals surface area contributed by atoms with Crippen molar-refractivity contribution in [2.24, 2.45) is 17.8 Å². The zero-order chi connectivity index (χ0) is 44.2. The zero-order valence-electron chi connectivity index (χ0n) is 41.3. The summed E-state index contributed by atoms with van der Waals surface area (Å²) >= 11 is 0. The fourth-order valence-electron chi connectivity index (χ4n) is 8.12. The lowest BCUT2D eigenvalue weighted by atomic mass is 10.0. The first-order valence-electron chi connectivity index (χ1n) is 26.6. The van der Waals surface area contributed by atoms with Crippen molar-refractivity contribution in [2.75, 3.05) is 13.2 Å². The summed E-state index contributed by atoms with van der Waals surface area (Å²) in [6.07, 6.45) is 45.3. The molecule has 0 aromatic heterocycles. The number of hydrogen-bond donors (Lipinski definition) is 0. The summed E-state index contributed by atoms with van der Waals surface area (Å²) in [5.74, 6) is 1.59. The van der Waals surface area contributed by atoms with E-state index in [4.69, 9.17) is 14.2 Å². The fraction of sp³-hybridized carbons (Fsp3) is 0.944. The van der Waals surface area contributed by atoms with Crippen LogP contribution >= 0.6 is 0 Å². The van der Waals surface area contributed by atoms with Crippen molar-refractivity contribution >= 4 is 17.9 Å². The van der Waals surface area contributed by atoms with Gasteiger partial charge in [-0.15, -0.1) is 0 Å². The lowest BCUT2D eigenvalue weighted by Crippen LogP contribution is -2.30. The smallest absolute Gasteiger partial charge is 0.306 e. The Bertz CT molecular complexity index is 929. The maximum absolute atomic E-state index is 12.7. The van der Waals surface area contributed by atoms with E-state index < -0.39 is 6.10 Å². The number of esters is 3. The molecular formula is C54H104O6. The van der Waals surface area contributed by atoms with Crippen LogP contribution in [0.1, 0.15) is 292 Å². The highest BCUT2D eigenvalue weighted by Gasteiger charge is 2.19. The monoisotopic (exact) mass is 849 g/mol. The van der Waals surface area contributed by atoms with Gasteiger partial charge >= 0.3 is 17.9 Å². The Morgan fingerprint density at radius 3 is 0.717 bits per heavy atom. The van der Waals surface area contributed by atoms with E-state index in [0.717, 1.165) is 75.5 Å². The summed E-state index contributed by atoms with van der Waals surface area (Å²) in [5, 5.41) is 0. The fourth-order valence-corrected chi connectivity index (χ4v) is 8.12. The number of carbonyl (C=O) groups is 3.